The lowest BCUT2D eigenvalue weighted by Crippen LogP contribution is -1.76. The molecule has 0 bridgehead atoms. The summed E-state index contributed by atoms with van der Waals surface area (Å²) >= 11 is 3.41. The number of aliphatic imine (C=N–C) groups is 1. The molecule has 5 heteroatoms. The van der Waals surface area contributed by atoms with Crippen LogP contribution in [0.25, 0.3) is 22.6 Å². The number of hydrogen-bond acceptors (Lipinski definition) is 4. The molecule has 0 atom stereocenters. The molecule has 0 aliphatic heterocycles. The second kappa shape index (κ2) is 4.80. The Morgan fingerprint density at radius 3 is 2.89 bits per heavy atom. The number of halogens is 1. The van der Waals surface area contributed by atoms with Crippen LogP contribution in [0.2, 0.25) is 0 Å². The molecule has 0 N–H and O–H groups in total. The topological polar surface area (TPSA) is 55.5 Å². The van der Waals surface area contributed by atoms with E-state index in [4.69, 9.17) is 4.42 Å². The van der Waals surface area contributed by atoms with Gasteiger partial charge in [-0.3, -0.25) is 0 Å². The number of isocyanates is 1. The summed E-state index contributed by atoms with van der Waals surface area (Å²) in [5, 5.41) is 0. The van der Waals surface area contributed by atoms with Crippen molar-refractivity contribution in [3.8, 4) is 11.5 Å². The van der Waals surface area contributed by atoms with Crippen molar-refractivity contribution in [2.45, 2.75) is 0 Å². The van der Waals surface area contributed by atoms with E-state index >= 15 is 0 Å². The standard InChI is InChI=1S/C14H7BrN2O2/c15-10-3-1-2-9(6-10)14-17-12-7-11(16-8-18)4-5-13(12)19-14/h1-7H. The molecule has 4 nitrogen and oxygen atoms in total. The van der Waals surface area contributed by atoms with Gasteiger partial charge in [0.25, 0.3) is 0 Å². The van der Waals surface area contributed by atoms with Crippen molar-refractivity contribution < 1.29 is 9.21 Å². The number of fused-ring (bicyclic) bond motifs is 1. The van der Waals surface area contributed by atoms with Crippen LogP contribution >= 0.6 is 15.9 Å². The van der Waals surface area contributed by atoms with Crippen molar-refractivity contribution in [3.05, 3.63) is 46.9 Å². The lowest BCUT2D eigenvalue weighted by atomic mass is 10.2. The van der Waals surface area contributed by atoms with Gasteiger partial charge in [0, 0.05) is 10.0 Å². The Kier molecular flexibility index (Phi) is 2.99. The normalized spacial score (nSPS) is 10.4. The highest BCUT2D eigenvalue weighted by Gasteiger charge is 2.08. The molecular formula is C14H7BrN2O2. The molecule has 0 fully saturated rings. The molecule has 0 aliphatic rings. The summed E-state index contributed by atoms with van der Waals surface area (Å²) in [5.41, 5.74) is 2.70. The Morgan fingerprint density at radius 2 is 2.11 bits per heavy atom. The summed E-state index contributed by atoms with van der Waals surface area (Å²) in [7, 11) is 0. The van der Waals surface area contributed by atoms with Crippen LogP contribution in [0.4, 0.5) is 5.69 Å². The minimum Gasteiger partial charge on any atom is -0.436 e. The van der Waals surface area contributed by atoms with Crippen LogP contribution in [-0.2, 0) is 4.79 Å². The number of oxazole rings is 1. The molecule has 0 aliphatic carbocycles. The quantitative estimate of drug-likeness (QED) is 0.525. The Balaban J connectivity index is 2.13. The fourth-order valence-electron chi connectivity index (χ4n) is 1.78. The van der Waals surface area contributed by atoms with Gasteiger partial charge in [0.05, 0.1) is 5.69 Å². The molecule has 0 amide bonds. The van der Waals surface area contributed by atoms with Crippen LogP contribution in [0.1, 0.15) is 0 Å². The van der Waals surface area contributed by atoms with E-state index in [1.165, 1.54) is 6.08 Å². The molecule has 0 spiro atoms. The second-order valence-corrected chi connectivity index (χ2v) is 4.80. The number of hydrogen-bond donors (Lipinski definition) is 0. The average molecular weight is 315 g/mol. The van der Waals surface area contributed by atoms with E-state index < -0.39 is 0 Å². The zero-order valence-corrected chi connectivity index (χ0v) is 11.2. The summed E-state index contributed by atoms with van der Waals surface area (Å²) < 4.78 is 6.63. The SMILES string of the molecule is O=C=Nc1ccc2oc(-c3cccc(Br)c3)nc2c1. The molecule has 0 radical (unpaired) electrons. The predicted octanol–water partition coefficient (Wildman–Crippen LogP) is 4.22. The number of nitrogens with zero attached hydrogens (tertiary/aromatic N) is 2. The van der Waals surface area contributed by atoms with Crippen molar-refractivity contribution in [2.24, 2.45) is 4.99 Å². The molecule has 1 heterocycles. The highest BCUT2D eigenvalue weighted by Crippen LogP contribution is 2.28. The lowest BCUT2D eigenvalue weighted by molar-refractivity contribution is 0.565. The van der Waals surface area contributed by atoms with Gasteiger partial charge in [-0.15, -0.1) is 0 Å². The zero-order valence-electron chi connectivity index (χ0n) is 9.63. The van der Waals surface area contributed by atoms with Crippen molar-refractivity contribution in [1.82, 2.24) is 4.98 Å². The summed E-state index contributed by atoms with van der Waals surface area (Å²) in [6.07, 6.45) is 1.51. The Hall–Kier alpha value is -2.23. The van der Waals surface area contributed by atoms with E-state index in [0.29, 0.717) is 22.7 Å². The van der Waals surface area contributed by atoms with E-state index in [1.807, 2.05) is 24.3 Å². The van der Waals surface area contributed by atoms with Gasteiger partial charge in [-0.1, -0.05) is 22.0 Å². The molecule has 19 heavy (non-hydrogen) atoms. The Bertz CT molecular complexity index is 804. The van der Waals surface area contributed by atoms with Crippen molar-refractivity contribution >= 4 is 38.8 Å². The minimum atomic E-state index is 0.511. The summed E-state index contributed by atoms with van der Waals surface area (Å²) in [6, 6.07) is 12.8. The van der Waals surface area contributed by atoms with E-state index in [2.05, 4.69) is 25.9 Å². The maximum absolute atomic E-state index is 10.2. The van der Waals surface area contributed by atoms with E-state index in [9.17, 15) is 4.79 Å². The van der Waals surface area contributed by atoms with Gasteiger partial charge >= 0.3 is 0 Å². The van der Waals surface area contributed by atoms with Crippen molar-refractivity contribution in [2.75, 3.05) is 0 Å². The maximum Gasteiger partial charge on any atom is 0.240 e. The number of rotatable bonds is 2. The predicted molar refractivity (Wildman–Crippen MR) is 74.9 cm³/mol. The van der Waals surface area contributed by atoms with Crippen LogP contribution in [0, 0.1) is 0 Å². The van der Waals surface area contributed by atoms with Crippen LogP contribution in [0.15, 0.2) is 56.3 Å². The fraction of sp³-hybridized carbons (Fsp3) is 0. The summed E-state index contributed by atoms with van der Waals surface area (Å²) in [5.74, 6) is 0.531. The van der Waals surface area contributed by atoms with Crippen LogP contribution in [0.5, 0.6) is 0 Å². The first-order chi connectivity index (χ1) is 9.26. The highest BCUT2D eigenvalue weighted by molar-refractivity contribution is 9.10. The molecule has 0 saturated carbocycles. The van der Waals surface area contributed by atoms with E-state index in [0.717, 1.165) is 10.0 Å². The van der Waals surface area contributed by atoms with Gasteiger partial charge in [0.2, 0.25) is 12.0 Å². The summed E-state index contributed by atoms with van der Waals surface area (Å²) in [6.45, 7) is 0. The number of carbonyl (C=O) groups excluding carboxylic acids is 1. The van der Waals surface area contributed by atoms with Gasteiger partial charge in [-0.25, -0.2) is 9.78 Å². The van der Waals surface area contributed by atoms with Crippen molar-refractivity contribution in [1.29, 1.82) is 0 Å². The van der Waals surface area contributed by atoms with Gasteiger partial charge < -0.3 is 4.42 Å². The van der Waals surface area contributed by atoms with Gasteiger partial charge in [-0.05, 0) is 36.4 Å². The molecule has 0 unspecified atom stereocenters. The zero-order chi connectivity index (χ0) is 13.2. The highest BCUT2D eigenvalue weighted by atomic mass is 79.9. The molecule has 2 aromatic carbocycles. The Labute approximate surface area is 116 Å². The van der Waals surface area contributed by atoms with Crippen LogP contribution < -0.4 is 0 Å². The maximum atomic E-state index is 10.2. The molecule has 1 aromatic heterocycles. The smallest absolute Gasteiger partial charge is 0.240 e. The number of benzene rings is 2. The van der Waals surface area contributed by atoms with Crippen molar-refractivity contribution in [3.63, 3.8) is 0 Å². The molecule has 3 rings (SSSR count). The first-order valence-corrected chi connectivity index (χ1v) is 6.30. The lowest BCUT2D eigenvalue weighted by Gasteiger charge is -1.94. The number of aromatic nitrogens is 1. The van der Waals surface area contributed by atoms with E-state index in [-0.39, 0.29) is 0 Å². The van der Waals surface area contributed by atoms with Crippen LogP contribution in [-0.4, -0.2) is 11.1 Å². The van der Waals surface area contributed by atoms with Gasteiger partial charge in [-0.2, -0.15) is 4.99 Å². The van der Waals surface area contributed by atoms with Crippen LogP contribution in [0.3, 0.4) is 0 Å². The largest absolute Gasteiger partial charge is 0.436 e. The first kappa shape index (κ1) is 11.8. The first-order valence-electron chi connectivity index (χ1n) is 5.51. The Morgan fingerprint density at radius 1 is 1.21 bits per heavy atom. The third-order valence-corrected chi connectivity index (χ3v) is 3.11. The van der Waals surface area contributed by atoms with Gasteiger partial charge in [0.15, 0.2) is 5.58 Å². The monoisotopic (exact) mass is 314 g/mol. The molecule has 92 valence electrons. The molecule has 0 saturated heterocycles. The third kappa shape index (κ3) is 2.34. The minimum absolute atomic E-state index is 0.511. The average Bonchev–Trinajstić information content (AvgIpc) is 2.82. The molecular weight excluding hydrogens is 308 g/mol. The fourth-order valence-corrected chi connectivity index (χ4v) is 2.18. The second-order valence-electron chi connectivity index (χ2n) is 3.88. The molecule has 3 aromatic rings. The summed E-state index contributed by atoms with van der Waals surface area (Å²) in [4.78, 5) is 18.2. The van der Waals surface area contributed by atoms with E-state index in [1.54, 1.807) is 18.2 Å². The van der Waals surface area contributed by atoms with Gasteiger partial charge in [0.1, 0.15) is 5.52 Å². The third-order valence-electron chi connectivity index (χ3n) is 2.62.